The van der Waals surface area contributed by atoms with E-state index in [-0.39, 0.29) is 5.56 Å². The van der Waals surface area contributed by atoms with Crippen molar-refractivity contribution >= 4 is 39.2 Å². The molecule has 112 valence electrons. The molecular formula is C15H13N3O2S2. The lowest BCUT2D eigenvalue weighted by molar-refractivity contribution is -0.117. The Kier molecular flexibility index (Phi) is 4.00. The van der Waals surface area contributed by atoms with E-state index in [0.717, 1.165) is 0 Å². The summed E-state index contributed by atoms with van der Waals surface area (Å²) in [6.45, 7) is 1.70. The highest BCUT2D eigenvalue weighted by Gasteiger charge is 2.18. The van der Waals surface area contributed by atoms with E-state index in [1.165, 1.54) is 27.7 Å². The Labute approximate surface area is 134 Å². The summed E-state index contributed by atoms with van der Waals surface area (Å²) in [6.07, 6.45) is 0. The molecule has 2 heterocycles. The van der Waals surface area contributed by atoms with Crippen molar-refractivity contribution in [2.75, 3.05) is 0 Å². The Hall–Kier alpha value is -2.12. The summed E-state index contributed by atoms with van der Waals surface area (Å²) in [7, 11) is 0. The molecule has 0 saturated carbocycles. The Bertz CT molecular complexity index is 887. The van der Waals surface area contributed by atoms with Crippen LogP contribution in [0.25, 0.3) is 15.9 Å². The maximum atomic E-state index is 12.8. The largest absolute Gasteiger partial charge is 0.369 e. The number of fused-ring (bicyclic) bond motifs is 1. The number of primary amides is 1. The van der Waals surface area contributed by atoms with Gasteiger partial charge < -0.3 is 5.73 Å². The molecule has 3 aromatic rings. The lowest BCUT2D eigenvalue weighted by atomic mass is 10.3. The van der Waals surface area contributed by atoms with Gasteiger partial charge in [-0.3, -0.25) is 14.2 Å². The van der Waals surface area contributed by atoms with Crippen LogP contribution in [0.2, 0.25) is 0 Å². The highest BCUT2D eigenvalue weighted by Crippen LogP contribution is 2.26. The first-order valence-corrected chi connectivity index (χ1v) is 8.35. The van der Waals surface area contributed by atoms with Crippen LogP contribution in [-0.4, -0.2) is 20.7 Å². The van der Waals surface area contributed by atoms with Gasteiger partial charge in [0.1, 0.15) is 4.83 Å². The molecule has 1 aromatic carbocycles. The van der Waals surface area contributed by atoms with Crippen molar-refractivity contribution in [1.82, 2.24) is 9.55 Å². The summed E-state index contributed by atoms with van der Waals surface area (Å²) < 4.78 is 1.53. The van der Waals surface area contributed by atoms with Crippen LogP contribution in [0.3, 0.4) is 0 Å². The van der Waals surface area contributed by atoms with Gasteiger partial charge in [-0.1, -0.05) is 30.0 Å². The first-order valence-electron chi connectivity index (χ1n) is 6.59. The molecule has 2 aromatic heterocycles. The summed E-state index contributed by atoms with van der Waals surface area (Å²) >= 11 is 2.59. The molecule has 0 radical (unpaired) electrons. The Balaban J connectivity index is 2.24. The van der Waals surface area contributed by atoms with Crippen molar-refractivity contribution in [2.24, 2.45) is 5.73 Å². The second-order valence-corrected chi connectivity index (χ2v) is 6.87. The molecule has 7 heteroatoms. The number of hydrogen-bond donors (Lipinski definition) is 1. The fourth-order valence-corrected chi connectivity index (χ4v) is 3.68. The summed E-state index contributed by atoms with van der Waals surface area (Å²) in [6, 6.07) is 11.0. The van der Waals surface area contributed by atoms with Crippen molar-refractivity contribution in [3.63, 3.8) is 0 Å². The number of amides is 1. The lowest BCUT2D eigenvalue weighted by Crippen LogP contribution is -2.26. The number of benzene rings is 1. The minimum atomic E-state index is -0.473. The quantitative estimate of drug-likeness (QED) is 0.588. The van der Waals surface area contributed by atoms with E-state index in [4.69, 9.17) is 5.73 Å². The molecule has 1 amide bonds. The van der Waals surface area contributed by atoms with Gasteiger partial charge in [-0.2, -0.15) is 0 Å². The molecule has 22 heavy (non-hydrogen) atoms. The second-order valence-electron chi connectivity index (χ2n) is 4.67. The third-order valence-electron chi connectivity index (χ3n) is 3.16. The number of para-hydroxylation sites is 1. The first-order chi connectivity index (χ1) is 10.6. The molecule has 0 fully saturated rings. The van der Waals surface area contributed by atoms with E-state index in [1.807, 2.05) is 35.7 Å². The van der Waals surface area contributed by atoms with Crippen molar-refractivity contribution in [1.29, 1.82) is 0 Å². The topological polar surface area (TPSA) is 78.0 Å². The van der Waals surface area contributed by atoms with Crippen LogP contribution in [0.5, 0.6) is 0 Å². The van der Waals surface area contributed by atoms with Gasteiger partial charge in [0.15, 0.2) is 5.16 Å². The molecule has 1 atom stereocenters. The predicted octanol–water partition coefficient (Wildman–Crippen LogP) is 2.41. The van der Waals surface area contributed by atoms with Crippen molar-refractivity contribution in [3.05, 3.63) is 52.1 Å². The van der Waals surface area contributed by atoms with E-state index in [9.17, 15) is 9.59 Å². The van der Waals surface area contributed by atoms with Crippen LogP contribution in [0, 0.1) is 0 Å². The molecule has 0 bridgehead atoms. The predicted molar refractivity (Wildman–Crippen MR) is 89.7 cm³/mol. The van der Waals surface area contributed by atoms with Gasteiger partial charge in [0.2, 0.25) is 5.91 Å². The van der Waals surface area contributed by atoms with Crippen LogP contribution in [0.15, 0.2) is 51.7 Å². The molecular weight excluding hydrogens is 318 g/mol. The van der Waals surface area contributed by atoms with Crippen molar-refractivity contribution in [2.45, 2.75) is 17.3 Å². The van der Waals surface area contributed by atoms with Gasteiger partial charge in [0.05, 0.1) is 16.3 Å². The minimum absolute atomic E-state index is 0.142. The molecule has 5 nitrogen and oxygen atoms in total. The van der Waals surface area contributed by atoms with E-state index < -0.39 is 11.2 Å². The number of carbonyl (C=O) groups excluding carboxylic acids is 1. The normalized spacial score (nSPS) is 12.4. The summed E-state index contributed by atoms with van der Waals surface area (Å²) in [4.78, 5) is 29.3. The maximum absolute atomic E-state index is 12.8. The first kappa shape index (κ1) is 14.8. The van der Waals surface area contributed by atoms with Gasteiger partial charge >= 0.3 is 0 Å². The van der Waals surface area contributed by atoms with Crippen molar-refractivity contribution < 1.29 is 4.79 Å². The highest BCUT2D eigenvalue weighted by molar-refractivity contribution is 8.00. The van der Waals surface area contributed by atoms with Crippen LogP contribution in [-0.2, 0) is 4.79 Å². The number of nitrogens with two attached hydrogens (primary N) is 1. The van der Waals surface area contributed by atoms with Gasteiger partial charge in [0.25, 0.3) is 5.56 Å². The Morgan fingerprint density at radius 3 is 2.73 bits per heavy atom. The van der Waals surface area contributed by atoms with Gasteiger partial charge in [-0.25, -0.2) is 4.98 Å². The molecule has 3 rings (SSSR count). The molecule has 0 unspecified atom stereocenters. The fraction of sp³-hybridized carbons (Fsp3) is 0.133. The molecule has 2 N–H and O–H groups in total. The average Bonchev–Trinajstić information content (AvgIpc) is 2.97. The number of carbonyl (C=O) groups is 1. The van der Waals surface area contributed by atoms with Crippen molar-refractivity contribution in [3.8, 4) is 5.69 Å². The number of hydrogen-bond acceptors (Lipinski definition) is 5. The zero-order valence-electron chi connectivity index (χ0n) is 11.7. The third kappa shape index (κ3) is 2.65. The van der Waals surface area contributed by atoms with Crippen LogP contribution in [0.1, 0.15) is 6.92 Å². The Morgan fingerprint density at radius 1 is 1.32 bits per heavy atom. The molecule has 0 spiro atoms. The number of nitrogens with zero attached hydrogens (tertiary/aromatic N) is 2. The molecule has 0 aliphatic carbocycles. The van der Waals surface area contributed by atoms with Crippen LogP contribution < -0.4 is 11.3 Å². The van der Waals surface area contributed by atoms with E-state index in [2.05, 4.69) is 4.98 Å². The summed E-state index contributed by atoms with van der Waals surface area (Å²) in [5.41, 5.74) is 5.90. The Morgan fingerprint density at radius 2 is 2.05 bits per heavy atom. The maximum Gasteiger partial charge on any atom is 0.267 e. The zero-order valence-corrected chi connectivity index (χ0v) is 13.4. The summed E-state index contributed by atoms with van der Waals surface area (Å²) in [5, 5.41) is 2.40. The minimum Gasteiger partial charge on any atom is -0.369 e. The van der Waals surface area contributed by atoms with Crippen LogP contribution >= 0.6 is 23.1 Å². The van der Waals surface area contributed by atoms with Gasteiger partial charge in [-0.05, 0) is 30.5 Å². The van der Waals surface area contributed by atoms with Gasteiger partial charge in [0, 0.05) is 0 Å². The highest BCUT2D eigenvalue weighted by atomic mass is 32.2. The SMILES string of the molecule is C[C@H](Sc1nc2sccc2c(=O)n1-c1ccccc1)C(N)=O. The number of thiophene rings is 1. The number of rotatable bonds is 4. The zero-order chi connectivity index (χ0) is 15.7. The second kappa shape index (κ2) is 5.94. The standard InChI is InChI=1S/C15H13N3O2S2/c1-9(12(16)19)22-15-17-13-11(7-8-21-13)14(20)18(15)10-5-3-2-4-6-10/h2-9H,1H3,(H2,16,19)/t9-/m0/s1. The lowest BCUT2D eigenvalue weighted by Gasteiger charge is -2.13. The smallest absolute Gasteiger partial charge is 0.267 e. The molecule has 0 saturated heterocycles. The van der Waals surface area contributed by atoms with E-state index in [0.29, 0.717) is 21.1 Å². The summed E-state index contributed by atoms with van der Waals surface area (Å²) in [5.74, 6) is -0.440. The molecule has 0 aliphatic rings. The number of aromatic nitrogens is 2. The third-order valence-corrected chi connectivity index (χ3v) is 5.04. The number of thioether (sulfide) groups is 1. The molecule has 0 aliphatic heterocycles. The van der Waals surface area contributed by atoms with E-state index in [1.54, 1.807) is 13.0 Å². The van der Waals surface area contributed by atoms with E-state index >= 15 is 0 Å². The average molecular weight is 331 g/mol. The fourth-order valence-electron chi connectivity index (χ4n) is 1.99. The van der Waals surface area contributed by atoms with Gasteiger partial charge in [-0.15, -0.1) is 11.3 Å². The monoisotopic (exact) mass is 331 g/mol. The van der Waals surface area contributed by atoms with Crippen LogP contribution in [0.4, 0.5) is 0 Å².